The molecule has 5 aromatic rings. The van der Waals surface area contributed by atoms with Crippen LogP contribution < -0.4 is 10.9 Å². The Labute approximate surface area is 195 Å². The number of hydrogen-bond donors (Lipinski definition) is 1. The molecule has 34 heavy (non-hydrogen) atoms. The first-order valence-corrected chi connectivity index (χ1v) is 10.8. The summed E-state index contributed by atoms with van der Waals surface area (Å²) in [6.07, 6.45) is 2.21. The molecule has 5 rings (SSSR count). The van der Waals surface area contributed by atoms with E-state index < -0.39 is 0 Å². The first-order chi connectivity index (χ1) is 16.6. The third-order valence-corrected chi connectivity index (χ3v) is 5.48. The number of anilines is 1. The summed E-state index contributed by atoms with van der Waals surface area (Å²) in [6.45, 7) is 1.79. The molecule has 7 nitrogen and oxygen atoms in total. The van der Waals surface area contributed by atoms with Gasteiger partial charge in [-0.15, -0.1) is 0 Å². The van der Waals surface area contributed by atoms with Gasteiger partial charge in [0.25, 0.3) is 11.5 Å². The molecule has 0 unspecified atom stereocenters. The van der Waals surface area contributed by atoms with Crippen molar-refractivity contribution < 1.29 is 4.79 Å². The van der Waals surface area contributed by atoms with Crippen LogP contribution in [-0.4, -0.2) is 25.4 Å². The van der Waals surface area contributed by atoms with Crippen LogP contribution in [0.25, 0.3) is 16.6 Å². The van der Waals surface area contributed by atoms with Crippen molar-refractivity contribution in [2.45, 2.75) is 13.3 Å². The number of aromatic nitrogens is 4. The van der Waals surface area contributed by atoms with E-state index in [2.05, 4.69) is 20.3 Å². The molecule has 3 aromatic carbocycles. The first kappa shape index (κ1) is 21.2. The maximum Gasteiger partial charge on any atom is 0.265 e. The van der Waals surface area contributed by atoms with Gasteiger partial charge >= 0.3 is 0 Å². The molecular weight excluding hydrogens is 426 g/mol. The van der Waals surface area contributed by atoms with Crippen LogP contribution in [0.15, 0.2) is 95.9 Å². The van der Waals surface area contributed by atoms with E-state index in [1.54, 1.807) is 54.1 Å². The molecule has 7 heteroatoms. The molecule has 2 heterocycles. The van der Waals surface area contributed by atoms with Gasteiger partial charge in [0, 0.05) is 18.2 Å². The summed E-state index contributed by atoms with van der Waals surface area (Å²) in [5, 5.41) is 3.37. The number of rotatable bonds is 5. The van der Waals surface area contributed by atoms with E-state index >= 15 is 0 Å². The number of carbonyl (C=O) groups is 1. The third kappa shape index (κ3) is 4.31. The second-order valence-electron chi connectivity index (χ2n) is 7.84. The van der Waals surface area contributed by atoms with Crippen LogP contribution >= 0.6 is 0 Å². The summed E-state index contributed by atoms with van der Waals surface area (Å²) in [5.41, 5.74) is 2.70. The Kier molecular flexibility index (Phi) is 5.66. The van der Waals surface area contributed by atoms with Crippen LogP contribution in [-0.2, 0) is 6.42 Å². The Balaban J connectivity index is 1.36. The molecule has 0 saturated heterocycles. The minimum absolute atomic E-state index is 0.146. The van der Waals surface area contributed by atoms with Crippen LogP contribution in [0.2, 0.25) is 0 Å². The van der Waals surface area contributed by atoms with Gasteiger partial charge < -0.3 is 5.32 Å². The lowest BCUT2D eigenvalue weighted by Gasteiger charge is -2.11. The Morgan fingerprint density at radius 2 is 1.62 bits per heavy atom. The smallest absolute Gasteiger partial charge is 0.265 e. The van der Waals surface area contributed by atoms with Crippen molar-refractivity contribution in [3.05, 3.63) is 124 Å². The van der Waals surface area contributed by atoms with E-state index in [-0.39, 0.29) is 11.5 Å². The number of para-hydroxylation sites is 1. The number of carbonyl (C=O) groups excluding carboxylic acids is 1. The van der Waals surface area contributed by atoms with Gasteiger partial charge in [-0.1, -0.05) is 42.5 Å². The lowest BCUT2D eigenvalue weighted by molar-refractivity contribution is 0.102. The molecule has 0 radical (unpaired) electrons. The highest BCUT2D eigenvalue weighted by Crippen LogP contribution is 2.15. The topological polar surface area (TPSA) is 89.8 Å². The van der Waals surface area contributed by atoms with Gasteiger partial charge in [0.1, 0.15) is 17.5 Å². The summed E-state index contributed by atoms with van der Waals surface area (Å²) >= 11 is 0. The van der Waals surface area contributed by atoms with Crippen LogP contribution in [0.3, 0.4) is 0 Å². The molecule has 0 spiro atoms. The van der Waals surface area contributed by atoms with Crippen LogP contribution in [0.5, 0.6) is 0 Å². The normalized spacial score (nSPS) is 10.9. The standard InChI is InChI=1S/C27H21N5O2/c1-18-29-23-10-6-5-9-22(23)27(34)32(18)21-13-11-20(12-14-21)26(33)31-24-15-16-28-25(30-24)17-19-7-3-2-4-8-19/h2-16H,17H2,1H3,(H,28,30,31,33). The van der Waals surface area contributed by atoms with Crippen molar-refractivity contribution in [1.82, 2.24) is 19.5 Å². The molecule has 0 atom stereocenters. The Hall–Kier alpha value is -4.65. The first-order valence-electron chi connectivity index (χ1n) is 10.8. The number of benzene rings is 3. The number of nitrogens with one attached hydrogen (secondary N) is 1. The monoisotopic (exact) mass is 447 g/mol. The van der Waals surface area contributed by atoms with Gasteiger partial charge in [-0.05, 0) is 55.0 Å². The maximum atomic E-state index is 13.0. The van der Waals surface area contributed by atoms with E-state index in [0.717, 1.165) is 5.56 Å². The van der Waals surface area contributed by atoms with Gasteiger partial charge in [0.05, 0.1) is 16.6 Å². The predicted molar refractivity (Wildman–Crippen MR) is 131 cm³/mol. The van der Waals surface area contributed by atoms with Gasteiger partial charge in [0.15, 0.2) is 0 Å². The van der Waals surface area contributed by atoms with Crippen molar-refractivity contribution in [3.8, 4) is 5.69 Å². The summed E-state index contributed by atoms with van der Waals surface area (Å²) in [6, 6.07) is 25.6. The number of amides is 1. The molecule has 0 aliphatic carbocycles. The largest absolute Gasteiger partial charge is 0.306 e. The number of nitrogens with zero attached hydrogens (tertiary/aromatic N) is 4. The summed E-state index contributed by atoms with van der Waals surface area (Å²) in [5.74, 6) is 1.34. The molecule has 0 fully saturated rings. The molecule has 0 bridgehead atoms. The molecule has 2 aromatic heterocycles. The van der Waals surface area contributed by atoms with Crippen LogP contribution in [0.1, 0.15) is 27.6 Å². The van der Waals surface area contributed by atoms with Crippen molar-refractivity contribution >= 4 is 22.6 Å². The van der Waals surface area contributed by atoms with Gasteiger partial charge in [-0.25, -0.2) is 15.0 Å². The fraction of sp³-hybridized carbons (Fsp3) is 0.0741. The van der Waals surface area contributed by atoms with Crippen molar-refractivity contribution in [1.29, 1.82) is 0 Å². The fourth-order valence-corrected chi connectivity index (χ4v) is 3.83. The summed E-state index contributed by atoms with van der Waals surface area (Å²) in [7, 11) is 0. The van der Waals surface area contributed by atoms with E-state index in [4.69, 9.17) is 0 Å². The Bertz CT molecular complexity index is 1540. The highest BCUT2D eigenvalue weighted by atomic mass is 16.1. The fourth-order valence-electron chi connectivity index (χ4n) is 3.83. The third-order valence-electron chi connectivity index (χ3n) is 5.48. The van der Waals surface area contributed by atoms with E-state index in [1.807, 2.05) is 48.5 Å². The van der Waals surface area contributed by atoms with E-state index in [9.17, 15) is 9.59 Å². The maximum absolute atomic E-state index is 13.0. The molecule has 1 amide bonds. The molecule has 166 valence electrons. The number of fused-ring (bicyclic) bond motifs is 1. The highest BCUT2D eigenvalue weighted by molar-refractivity contribution is 6.03. The minimum Gasteiger partial charge on any atom is -0.306 e. The quantitative estimate of drug-likeness (QED) is 0.433. The van der Waals surface area contributed by atoms with Gasteiger partial charge in [-0.2, -0.15) is 0 Å². The lowest BCUT2D eigenvalue weighted by atomic mass is 10.1. The highest BCUT2D eigenvalue weighted by Gasteiger charge is 2.12. The average Bonchev–Trinajstić information content (AvgIpc) is 2.85. The second-order valence-corrected chi connectivity index (χ2v) is 7.84. The summed E-state index contributed by atoms with van der Waals surface area (Å²) < 4.78 is 1.55. The second kappa shape index (κ2) is 9.07. The van der Waals surface area contributed by atoms with Crippen molar-refractivity contribution in [2.24, 2.45) is 0 Å². The van der Waals surface area contributed by atoms with Crippen LogP contribution in [0, 0.1) is 6.92 Å². The molecule has 0 saturated carbocycles. The van der Waals surface area contributed by atoms with Crippen molar-refractivity contribution in [3.63, 3.8) is 0 Å². The zero-order valence-corrected chi connectivity index (χ0v) is 18.5. The number of hydrogen-bond acceptors (Lipinski definition) is 5. The SMILES string of the molecule is Cc1nc2ccccc2c(=O)n1-c1ccc(C(=O)Nc2ccnc(Cc3ccccc3)n2)cc1. The van der Waals surface area contributed by atoms with E-state index in [1.165, 1.54) is 0 Å². The molecular formula is C27H21N5O2. The predicted octanol–water partition coefficient (Wildman–Crippen LogP) is 4.33. The zero-order chi connectivity index (χ0) is 23.5. The average molecular weight is 447 g/mol. The Morgan fingerprint density at radius 3 is 2.41 bits per heavy atom. The molecule has 1 N–H and O–H groups in total. The van der Waals surface area contributed by atoms with Crippen LogP contribution in [0.4, 0.5) is 5.82 Å². The van der Waals surface area contributed by atoms with E-state index in [0.29, 0.717) is 46.0 Å². The lowest BCUT2D eigenvalue weighted by Crippen LogP contribution is -2.22. The minimum atomic E-state index is -0.295. The summed E-state index contributed by atoms with van der Waals surface area (Å²) in [4.78, 5) is 39.1. The molecule has 0 aliphatic heterocycles. The molecule has 0 aliphatic rings. The zero-order valence-electron chi connectivity index (χ0n) is 18.5. The van der Waals surface area contributed by atoms with Crippen molar-refractivity contribution in [2.75, 3.05) is 5.32 Å². The Morgan fingerprint density at radius 1 is 0.882 bits per heavy atom. The number of aryl methyl sites for hydroxylation is 1. The van der Waals surface area contributed by atoms with Gasteiger partial charge in [0.2, 0.25) is 0 Å². The van der Waals surface area contributed by atoms with Gasteiger partial charge in [-0.3, -0.25) is 14.2 Å².